The van der Waals surface area contributed by atoms with Gasteiger partial charge in [-0.05, 0) is 127 Å². The van der Waals surface area contributed by atoms with Crippen molar-refractivity contribution in [3.8, 4) is 0 Å². The molecule has 2 saturated carbocycles. The van der Waals surface area contributed by atoms with E-state index in [1.165, 1.54) is 99.5 Å². The lowest BCUT2D eigenvalue weighted by molar-refractivity contribution is -0.182. The van der Waals surface area contributed by atoms with Crippen LogP contribution in [0.3, 0.4) is 0 Å². The van der Waals surface area contributed by atoms with E-state index in [0.717, 1.165) is 30.6 Å². The Balaban J connectivity index is 2.23. The lowest BCUT2D eigenvalue weighted by atomic mass is 9.78. The standard InChI is InChI=1S/C67H115ClF3N11O11/c1-21-42(9)57-64(92)77(15)36-55(84)76(14)37-56(85)81(19)53(35-46-24-22-41(8)23-25-46)63(91)79(17)44(11)58(86)72-49(29-27-45-26-28-47(48(68)34-45)67(69,70)71)59(87)73-51(31-39(4)5)62(90)82(20)66(12,13)65(93)74-50(30-38(2)3)61(89)78(16)43(10)33-54(83)80(18)52(32-40(6)7)60(88)75-57/h38-53,57H,21-37H2,1-20H3,(H,72,86)(H,73,87)(H,74,93)(H,75,88)/t41?,42-,43+,44+,45?,46?,47?,48?,49-,50-,51-,52-,53-,57-/m0/s1. The van der Waals surface area contributed by atoms with Gasteiger partial charge < -0.3 is 55.6 Å². The van der Waals surface area contributed by atoms with E-state index < -0.39 is 155 Å². The Kier molecular flexibility index (Phi) is 31.4. The van der Waals surface area contributed by atoms with E-state index in [0.29, 0.717) is 12.3 Å². The molecule has 2 aliphatic carbocycles. The summed E-state index contributed by atoms with van der Waals surface area (Å²) in [6, 6.07) is -9.26. The molecule has 3 aliphatic rings. The third-order valence-electron chi connectivity index (χ3n) is 20.0. The molecule has 0 aromatic rings. The number of halogens is 4. The summed E-state index contributed by atoms with van der Waals surface area (Å²) >= 11 is 6.36. The molecule has 1 aliphatic heterocycles. The zero-order valence-corrected chi connectivity index (χ0v) is 60.2. The van der Waals surface area contributed by atoms with Gasteiger partial charge in [-0.15, -0.1) is 11.6 Å². The lowest BCUT2D eigenvalue weighted by Crippen LogP contribution is -2.63. The quantitative estimate of drug-likeness (QED) is 0.143. The van der Waals surface area contributed by atoms with Gasteiger partial charge in [0.15, 0.2) is 0 Å². The van der Waals surface area contributed by atoms with E-state index in [-0.39, 0.29) is 93.8 Å². The van der Waals surface area contributed by atoms with Gasteiger partial charge in [-0.2, -0.15) is 13.2 Å². The van der Waals surface area contributed by atoms with Crippen molar-refractivity contribution >= 4 is 76.6 Å². The van der Waals surface area contributed by atoms with Crippen molar-refractivity contribution in [1.29, 1.82) is 0 Å². The number of carbonyl (C=O) groups excluding carboxylic acids is 11. The van der Waals surface area contributed by atoms with Crippen molar-refractivity contribution in [3.05, 3.63) is 0 Å². The molecule has 1 heterocycles. The van der Waals surface area contributed by atoms with Crippen molar-refractivity contribution in [3.63, 3.8) is 0 Å². The van der Waals surface area contributed by atoms with Crippen LogP contribution in [0.5, 0.6) is 0 Å². The van der Waals surface area contributed by atoms with Crippen LogP contribution in [-0.2, 0) is 52.7 Å². The van der Waals surface area contributed by atoms with Gasteiger partial charge in [0.1, 0.15) is 47.8 Å². The number of likely N-dealkylation sites (N-methyl/N-ethyl adjacent to an activating group) is 7. The van der Waals surface area contributed by atoms with E-state index in [4.69, 9.17) is 11.6 Å². The van der Waals surface area contributed by atoms with Crippen molar-refractivity contribution < 1.29 is 65.9 Å². The summed E-state index contributed by atoms with van der Waals surface area (Å²) < 4.78 is 41.8. The second kappa shape index (κ2) is 35.8. The van der Waals surface area contributed by atoms with Crippen LogP contribution in [-0.4, -0.2) is 227 Å². The molecule has 22 nitrogen and oxygen atoms in total. The first kappa shape index (κ1) is 81.5. The highest BCUT2D eigenvalue weighted by molar-refractivity contribution is 6.20. The molecule has 532 valence electrons. The predicted octanol–water partition coefficient (Wildman–Crippen LogP) is 6.60. The fraction of sp³-hybridized carbons (Fsp3) is 0.836. The number of rotatable bonds is 13. The second-order valence-electron chi connectivity index (χ2n) is 29.3. The number of nitrogens with one attached hydrogen (secondary N) is 4. The zero-order chi connectivity index (χ0) is 71.1. The Morgan fingerprint density at radius 3 is 1.58 bits per heavy atom. The summed E-state index contributed by atoms with van der Waals surface area (Å²) in [6.07, 6.45) is -0.416. The fourth-order valence-electron chi connectivity index (χ4n) is 12.6. The summed E-state index contributed by atoms with van der Waals surface area (Å²) in [5.74, 6) is -9.65. The maximum absolute atomic E-state index is 15.0. The van der Waals surface area contributed by atoms with Crippen molar-refractivity contribution in [2.75, 3.05) is 62.4 Å². The van der Waals surface area contributed by atoms with Crippen LogP contribution in [0.1, 0.15) is 186 Å². The van der Waals surface area contributed by atoms with Gasteiger partial charge in [-0.3, -0.25) is 52.7 Å². The monoisotopic (exact) mass is 1340 g/mol. The minimum absolute atomic E-state index is 0.0114. The minimum Gasteiger partial charge on any atom is -0.343 e. The highest BCUT2D eigenvalue weighted by atomic mass is 35.5. The molecule has 1 saturated heterocycles. The summed E-state index contributed by atoms with van der Waals surface area (Å²) in [5, 5.41) is 10.1. The highest BCUT2D eigenvalue weighted by Crippen LogP contribution is 2.43. The molecule has 0 bridgehead atoms. The van der Waals surface area contributed by atoms with Crippen molar-refractivity contribution in [1.82, 2.24) is 55.6 Å². The smallest absolute Gasteiger partial charge is 0.343 e. The van der Waals surface area contributed by atoms with Gasteiger partial charge in [0, 0.05) is 67.2 Å². The van der Waals surface area contributed by atoms with Gasteiger partial charge in [0.05, 0.1) is 19.0 Å². The average Bonchev–Trinajstić information content (AvgIpc) is 3.54. The molecule has 3 unspecified atom stereocenters. The van der Waals surface area contributed by atoms with E-state index >= 15 is 0 Å². The van der Waals surface area contributed by atoms with Crippen LogP contribution in [0.25, 0.3) is 0 Å². The van der Waals surface area contributed by atoms with E-state index in [1.54, 1.807) is 13.8 Å². The fourth-order valence-corrected chi connectivity index (χ4v) is 13.1. The number of hydrogen-bond acceptors (Lipinski definition) is 11. The molecule has 11 amide bonds. The SMILES string of the molecule is CC[C@H](C)[C@@H]1NC(=O)[C@H](CC(C)C)N(C)C(=O)C[C@@H](C)N(C)C(=O)[C@H](CC(C)C)NC(=O)C(C)(C)N(C)C(=O)[C@H](CC(C)C)NC(=O)[C@H](CCC2CCC(C(F)(F)F)C(Cl)C2)NC(=O)[C@@H](C)N(C)C(=O)[C@H](CC2CCC(C)CC2)N(C)C(=O)CN(C)C(=O)CN(C)C1=O. The topological polar surface area (TPSA) is 259 Å². The summed E-state index contributed by atoms with van der Waals surface area (Å²) in [4.78, 5) is 169. The third kappa shape index (κ3) is 23.3. The number of hydrogen-bond donors (Lipinski definition) is 4. The van der Waals surface area contributed by atoms with Gasteiger partial charge in [-0.1, -0.05) is 94.4 Å². The second-order valence-corrected chi connectivity index (χ2v) is 29.8. The lowest BCUT2D eigenvalue weighted by Gasteiger charge is -2.39. The number of carbonyl (C=O) groups is 11. The van der Waals surface area contributed by atoms with Crippen LogP contribution in [0.2, 0.25) is 0 Å². The normalized spacial score (nSPS) is 30.2. The van der Waals surface area contributed by atoms with E-state index in [9.17, 15) is 65.9 Å². The van der Waals surface area contributed by atoms with Gasteiger partial charge in [0.2, 0.25) is 65.0 Å². The van der Waals surface area contributed by atoms with Gasteiger partial charge >= 0.3 is 6.18 Å². The third-order valence-corrected chi connectivity index (χ3v) is 20.4. The summed E-state index contributed by atoms with van der Waals surface area (Å²) in [7, 11) is 10.0. The molecular weight excluding hydrogens is 1230 g/mol. The van der Waals surface area contributed by atoms with Gasteiger partial charge in [0.25, 0.3) is 0 Å². The van der Waals surface area contributed by atoms with E-state index in [1.807, 2.05) is 48.5 Å². The molecule has 0 aromatic carbocycles. The first-order valence-corrected chi connectivity index (χ1v) is 34.1. The number of nitrogens with zero attached hydrogens (tertiary/aromatic N) is 7. The Morgan fingerprint density at radius 1 is 0.538 bits per heavy atom. The zero-order valence-electron chi connectivity index (χ0n) is 59.5. The maximum atomic E-state index is 15.0. The summed E-state index contributed by atoms with van der Waals surface area (Å²) in [6.45, 7) is 22.0. The molecule has 0 spiro atoms. The first-order chi connectivity index (χ1) is 43.0. The molecule has 0 radical (unpaired) electrons. The highest BCUT2D eigenvalue weighted by Gasteiger charge is 2.48. The van der Waals surface area contributed by atoms with E-state index in [2.05, 4.69) is 28.2 Å². The van der Waals surface area contributed by atoms with Crippen LogP contribution >= 0.6 is 11.6 Å². The predicted molar refractivity (Wildman–Crippen MR) is 351 cm³/mol. The molecule has 3 fully saturated rings. The Labute approximate surface area is 557 Å². The van der Waals surface area contributed by atoms with Crippen LogP contribution in [0.4, 0.5) is 13.2 Å². The molecule has 0 aromatic heterocycles. The maximum Gasteiger partial charge on any atom is 0.393 e. The molecule has 12 atom stereocenters. The number of amides is 11. The van der Waals surface area contributed by atoms with Crippen molar-refractivity contribution in [2.45, 2.75) is 252 Å². The van der Waals surface area contributed by atoms with Crippen molar-refractivity contribution in [2.24, 2.45) is 47.3 Å². The van der Waals surface area contributed by atoms with Crippen LogP contribution in [0.15, 0.2) is 0 Å². The minimum atomic E-state index is -4.51. The molecular formula is C67H115ClF3N11O11. The Bertz CT molecular complexity index is 2590. The number of alkyl halides is 4. The van der Waals surface area contributed by atoms with Crippen LogP contribution < -0.4 is 21.3 Å². The van der Waals surface area contributed by atoms with Crippen LogP contribution in [0, 0.1) is 47.3 Å². The first-order valence-electron chi connectivity index (χ1n) is 33.7. The average molecular weight is 1340 g/mol. The molecule has 3 rings (SSSR count). The Hall–Kier alpha value is -5.75. The summed E-state index contributed by atoms with van der Waals surface area (Å²) in [5.41, 5.74) is -1.68. The molecule has 93 heavy (non-hydrogen) atoms. The largest absolute Gasteiger partial charge is 0.393 e. The molecule has 4 N–H and O–H groups in total. The van der Waals surface area contributed by atoms with Gasteiger partial charge in [-0.25, -0.2) is 0 Å². The Morgan fingerprint density at radius 2 is 1.05 bits per heavy atom. The molecule has 26 heteroatoms.